The molecule has 0 bridgehead atoms. The molecule has 0 unspecified atom stereocenters. The Hall–Kier alpha value is -5.02. The van der Waals surface area contributed by atoms with Gasteiger partial charge in [-0.2, -0.15) is 0 Å². The van der Waals surface area contributed by atoms with Gasteiger partial charge in [0.1, 0.15) is 17.9 Å². The molecule has 2 amide bonds. The number of aromatic nitrogens is 3. The fraction of sp³-hybridized carbons (Fsp3) is 0.0968. The Balaban J connectivity index is 1.18. The Labute approximate surface area is 235 Å². The molecule has 3 aromatic carbocycles. The van der Waals surface area contributed by atoms with Crippen molar-refractivity contribution in [2.75, 3.05) is 22.5 Å². The number of thiazole rings is 1. The molecule has 0 aliphatic carbocycles. The van der Waals surface area contributed by atoms with Gasteiger partial charge >= 0.3 is 6.03 Å². The molecule has 0 aliphatic heterocycles. The molecule has 0 atom stereocenters. The van der Waals surface area contributed by atoms with E-state index in [2.05, 4.69) is 43.0 Å². The molecule has 0 saturated heterocycles. The molecule has 3 heterocycles. The van der Waals surface area contributed by atoms with Gasteiger partial charge in [-0.15, -0.1) is 11.3 Å². The van der Waals surface area contributed by atoms with Crippen LogP contribution < -0.4 is 16.0 Å². The number of benzene rings is 3. The smallest absolute Gasteiger partial charge is 0.325 e. The maximum Gasteiger partial charge on any atom is 0.325 e. The second kappa shape index (κ2) is 11.4. The summed E-state index contributed by atoms with van der Waals surface area (Å²) >= 11 is 1.43. The van der Waals surface area contributed by atoms with Gasteiger partial charge in [0.05, 0.1) is 5.39 Å². The van der Waals surface area contributed by atoms with Crippen LogP contribution in [0.1, 0.15) is 10.4 Å². The number of carbonyl (C=O) groups excluding carboxylic acids is 1. The highest BCUT2D eigenvalue weighted by Gasteiger charge is 2.21. The minimum atomic E-state index is -0.319. The maximum atomic E-state index is 12.2. The van der Waals surface area contributed by atoms with Gasteiger partial charge in [-0.25, -0.2) is 19.7 Å². The normalized spacial score (nSPS) is 10.9. The number of urea groups is 1. The molecule has 0 saturated carbocycles. The second-order valence-corrected chi connectivity index (χ2v) is 10.4. The van der Waals surface area contributed by atoms with Gasteiger partial charge in [-0.3, -0.25) is 5.32 Å². The number of hydrogen-bond donors (Lipinski definition) is 3. The number of carbonyl (C=O) groups is 1. The van der Waals surface area contributed by atoms with E-state index in [1.54, 1.807) is 6.20 Å². The first-order chi connectivity index (χ1) is 19.6. The zero-order valence-corrected chi connectivity index (χ0v) is 22.5. The lowest BCUT2D eigenvalue weighted by molar-refractivity contribution is 0.262. The molecule has 0 radical (unpaired) electrons. The van der Waals surface area contributed by atoms with Crippen LogP contribution in [0.15, 0.2) is 102 Å². The summed E-state index contributed by atoms with van der Waals surface area (Å²) in [5, 5.41) is 10.5. The number of hydrogen-bond acceptors (Lipinski definition) is 7. The first-order valence-corrected chi connectivity index (χ1v) is 13.7. The van der Waals surface area contributed by atoms with Crippen LogP contribution in [-0.4, -0.2) is 27.5 Å². The van der Waals surface area contributed by atoms with Crippen LogP contribution in [-0.2, 0) is 6.42 Å². The number of anilines is 3. The van der Waals surface area contributed by atoms with Crippen molar-refractivity contribution in [3.05, 3.63) is 108 Å². The highest BCUT2D eigenvalue weighted by atomic mass is 32.1. The summed E-state index contributed by atoms with van der Waals surface area (Å²) in [6, 6.07) is 27.7. The zero-order chi connectivity index (χ0) is 27.3. The Morgan fingerprint density at radius 3 is 2.27 bits per heavy atom. The molecule has 6 rings (SSSR count). The van der Waals surface area contributed by atoms with E-state index in [1.165, 1.54) is 17.7 Å². The van der Waals surface area contributed by atoms with E-state index in [0.717, 1.165) is 50.5 Å². The van der Waals surface area contributed by atoms with Crippen molar-refractivity contribution in [3.8, 4) is 22.5 Å². The number of nitrogens with one attached hydrogen (secondary N) is 3. The lowest BCUT2D eigenvalue weighted by Gasteiger charge is -2.09. The van der Waals surface area contributed by atoms with Gasteiger partial charge in [-0.05, 0) is 36.6 Å². The third kappa shape index (κ3) is 5.55. The topological polar surface area (TPSA) is 105 Å². The summed E-state index contributed by atoms with van der Waals surface area (Å²) in [6.45, 7) is 2.60. The Bertz CT molecular complexity index is 1750. The average molecular weight is 547 g/mol. The van der Waals surface area contributed by atoms with Crippen molar-refractivity contribution < 1.29 is 9.21 Å². The molecule has 0 spiro atoms. The molecule has 3 N–H and O–H groups in total. The minimum Gasteiger partial charge on any atom is -0.437 e. The number of furan rings is 1. The summed E-state index contributed by atoms with van der Waals surface area (Å²) in [4.78, 5) is 26.5. The van der Waals surface area contributed by atoms with E-state index in [1.807, 2.05) is 79.7 Å². The molecular weight excluding hydrogens is 520 g/mol. The second-order valence-electron chi connectivity index (χ2n) is 9.17. The zero-order valence-electron chi connectivity index (χ0n) is 21.7. The summed E-state index contributed by atoms with van der Waals surface area (Å²) in [5.41, 5.74) is 5.35. The quantitative estimate of drug-likeness (QED) is 0.181. The summed E-state index contributed by atoms with van der Waals surface area (Å²) < 4.78 is 6.29. The van der Waals surface area contributed by atoms with Crippen molar-refractivity contribution in [2.45, 2.75) is 13.3 Å². The number of aryl methyl sites for hydroxylation is 1. The maximum absolute atomic E-state index is 12.2. The highest BCUT2D eigenvalue weighted by Crippen LogP contribution is 2.42. The predicted octanol–water partition coefficient (Wildman–Crippen LogP) is 7.62. The molecular formula is C31H26N6O2S. The van der Waals surface area contributed by atoms with Crippen molar-refractivity contribution in [3.63, 3.8) is 0 Å². The van der Waals surface area contributed by atoms with Crippen LogP contribution in [0, 0.1) is 6.92 Å². The Morgan fingerprint density at radius 2 is 1.57 bits per heavy atom. The molecule has 0 fully saturated rings. The third-order valence-electron chi connectivity index (χ3n) is 6.35. The van der Waals surface area contributed by atoms with Crippen molar-refractivity contribution in [1.29, 1.82) is 0 Å². The molecule has 198 valence electrons. The number of fused-ring (bicyclic) bond motifs is 1. The number of rotatable bonds is 8. The monoisotopic (exact) mass is 546 g/mol. The molecule has 8 nitrogen and oxygen atoms in total. The molecule has 40 heavy (non-hydrogen) atoms. The van der Waals surface area contributed by atoms with Crippen molar-refractivity contribution >= 4 is 45.1 Å². The van der Waals surface area contributed by atoms with Gasteiger partial charge in [0.25, 0.3) is 0 Å². The first-order valence-electron chi connectivity index (χ1n) is 12.9. The van der Waals surface area contributed by atoms with E-state index in [4.69, 9.17) is 4.42 Å². The molecule has 9 heteroatoms. The van der Waals surface area contributed by atoms with E-state index < -0.39 is 0 Å². The molecule has 3 aromatic heterocycles. The minimum absolute atomic E-state index is 0.319. The van der Waals surface area contributed by atoms with Crippen LogP contribution in [0.25, 0.3) is 33.6 Å². The predicted molar refractivity (Wildman–Crippen MR) is 161 cm³/mol. The lowest BCUT2D eigenvalue weighted by atomic mass is 9.99. The van der Waals surface area contributed by atoms with E-state index in [9.17, 15) is 4.79 Å². The van der Waals surface area contributed by atoms with Crippen LogP contribution in [0.2, 0.25) is 0 Å². The summed E-state index contributed by atoms with van der Waals surface area (Å²) in [7, 11) is 0. The van der Waals surface area contributed by atoms with Gasteiger partial charge in [-0.1, -0.05) is 72.8 Å². The van der Waals surface area contributed by atoms with Gasteiger partial charge < -0.3 is 15.1 Å². The Morgan fingerprint density at radius 1 is 0.850 bits per heavy atom. The average Bonchev–Trinajstić information content (AvgIpc) is 3.58. The SMILES string of the molecule is Cc1cnc(NC(=O)Nc2ccc(CCNc3ncnc4oc(-c5ccccc5)c(-c5ccccc5)c34)cc2)s1. The highest BCUT2D eigenvalue weighted by molar-refractivity contribution is 7.15. The number of amides is 2. The van der Waals surface area contributed by atoms with Gasteiger partial charge in [0.15, 0.2) is 5.13 Å². The van der Waals surface area contributed by atoms with Crippen LogP contribution >= 0.6 is 11.3 Å². The Kier molecular flexibility index (Phi) is 7.19. The molecule has 0 aliphatic rings. The van der Waals surface area contributed by atoms with Crippen molar-refractivity contribution in [2.24, 2.45) is 0 Å². The standard InChI is InChI=1S/C31H26N6O2S/c1-20-18-33-31(40-20)37-30(38)36-24-14-12-21(13-15-24)16-17-32-28-26-25(22-8-4-2-5-9-22)27(23-10-6-3-7-11-23)39-29(26)35-19-34-28/h2-15,18-19H,16-17H2,1H3,(H,32,34,35)(H2,33,36,37,38). The summed E-state index contributed by atoms with van der Waals surface area (Å²) in [5.74, 6) is 1.49. The van der Waals surface area contributed by atoms with E-state index >= 15 is 0 Å². The summed E-state index contributed by atoms with van der Waals surface area (Å²) in [6.07, 6.45) is 4.02. The van der Waals surface area contributed by atoms with Gasteiger partial charge in [0, 0.05) is 34.4 Å². The van der Waals surface area contributed by atoms with Crippen LogP contribution in [0.5, 0.6) is 0 Å². The first kappa shape index (κ1) is 25.3. The van der Waals surface area contributed by atoms with E-state index in [-0.39, 0.29) is 6.03 Å². The largest absolute Gasteiger partial charge is 0.437 e. The van der Waals surface area contributed by atoms with Crippen LogP contribution in [0.4, 0.5) is 21.4 Å². The fourth-order valence-corrected chi connectivity index (χ4v) is 5.15. The fourth-order valence-electron chi connectivity index (χ4n) is 4.49. The van der Waals surface area contributed by atoms with Crippen LogP contribution in [0.3, 0.4) is 0 Å². The van der Waals surface area contributed by atoms with Gasteiger partial charge in [0.2, 0.25) is 5.71 Å². The number of nitrogens with zero attached hydrogens (tertiary/aromatic N) is 3. The van der Waals surface area contributed by atoms with E-state index in [0.29, 0.717) is 23.1 Å². The van der Waals surface area contributed by atoms with Crippen molar-refractivity contribution in [1.82, 2.24) is 15.0 Å². The lowest BCUT2D eigenvalue weighted by Crippen LogP contribution is -2.19. The molecule has 6 aromatic rings. The third-order valence-corrected chi connectivity index (χ3v) is 7.17.